The highest BCUT2D eigenvalue weighted by atomic mass is 32.2. The highest BCUT2D eigenvalue weighted by molar-refractivity contribution is 7.88. The summed E-state index contributed by atoms with van der Waals surface area (Å²) in [6.45, 7) is 1.19. The third-order valence-electron chi connectivity index (χ3n) is 4.56. The van der Waals surface area contributed by atoms with Gasteiger partial charge in [0.1, 0.15) is 5.75 Å². The Hall–Kier alpha value is -2.38. The number of rotatable bonds is 8. The Morgan fingerprint density at radius 2 is 1.81 bits per heavy atom. The molecule has 0 saturated heterocycles. The van der Waals surface area contributed by atoms with E-state index >= 15 is 0 Å². The number of carboxylic acid groups (broad SMARTS) is 1. The zero-order valence-corrected chi connectivity index (χ0v) is 16.0. The van der Waals surface area contributed by atoms with Gasteiger partial charge in [0.2, 0.25) is 10.0 Å². The van der Waals surface area contributed by atoms with Crippen LogP contribution in [-0.2, 0) is 40.7 Å². The Labute approximate surface area is 159 Å². The molecule has 2 aromatic rings. The molecule has 0 aromatic heterocycles. The van der Waals surface area contributed by atoms with Gasteiger partial charge in [-0.15, -0.1) is 0 Å². The maximum absolute atomic E-state index is 12.3. The fraction of sp³-hybridized carbons (Fsp3) is 0.350. The van der Waals surface area contributed by atoms with E-state index in [1.165, 1.54) is 10.6 Å². The molecule has 2 aromatic carbocycles. The summed E-state index contributed by atoms with van der Waals surface area (Å²) < 4.78 is 31.5. The molecule has 7 heteroatoms. The number of carboxylic acids is 1. The minimum Gasteiger partial charge on any atom is -0.493 e. The first kappa shape index (κ1) is 19.4. The molecule has 3 rings (SSSR count). The van der Waals surface area contributed by atoms with Gasteiger partial charge in [0.05, 0.1) is 12.9 Å². The molecule has 27 heavy (non-hydrogen) atoms. The highest BCUT2D eigenvalue weighted by Gasteiger charge is 2.19. The lowest BCUT2D eigenvalue weighted by Gasteiger charge is -2.21. The van der Waals surface area contributed by atoms with E-state index in [1.54, 1.807) is 0 Å². The molecule has 0 spiro atoms. The van der Waals surface area contributed by atoms with Gasteiger partial charge in [-0.25, -0.2) is 8.42 Å². The number of aryl methyl sites for hydroxylation is 1. The minimum atomic E-state index is -3.41. The molecule has 1 aliphatic rings. The van der Waals surface area contributed by atoms with Crippen LogP contribution in [0.1, 0.15) is 28.7 Å². The Bertz CT molecular complexity index is 939. The molecule has 0 unspecified atom stereocenters. The zero-order valence-electron chi connectivity index (χ0n) is 15.2. The molecule has 0 aliphatic carbocycles. The van der Waals surface area contributed by atoms with Gasteiger partial charge in [0.15, 0.2) is 0 Å². The number of ether oxygens (including phenoxy) is 1. The number of sulfonamides is 1. The van der Waals surface area contributed by atoms with Crippen molar-refractivity contribution < 1.29 is 23.1 Å². The Morgan fingerprint density at radius 1 is 1.11 bits per heavy atom. The van der Waals surface area contributed by atoms with Crippen LogP contribution in [0.15, 0.2) is 42.5 Å². The fourth-order valence-corrected chi connectivity index (χ4v) is 3.94. The predicted octanol–water partition coefficient (Wildman–Crippen LogP) is 2.60. The van der Waals surface area contributed by atoms with Crippen molar-refractivity contribution in [1.29, 1.82) is 0 Å². The van der Waals surface area contributed by atoms with Crippen LogP contribution in [0.4, 0.5) is 0 Å². The summed E-state index contributed by atoms with van der Waals surface area (Å²) in [6, 6.07) is 13.2. The molecule has 0 fully saturated rings. The number of fused-ring (bicyclic) bond motifs is 1. The van der Waals surface area contributed by atoms with Gasteiger partial charge in [0.25, 0.3) is 0 Å². The molecule has 1 heterocycles. The van der Waals surface area contributed by atoms with Crippen molar-refractivity contribution in [3.05, 3.63) is 64.7 Å². The fourth-order valence-electron chi connectivity index (χ4n) is 3.17. The first-order valence-electron chi connectivity index (χ1n) is 8.80. The maximum atomic E-state index is 12.3. The Balaban J connectivity index is 1.76. The van der Waals surface area contributed by atoms with E-state index in [-0.39, 0.29) is 19.5 Å². The van der Waals surface area contributed by atoms with Gasteiger partial charge >= 0.3 is 5.97 Å². The summed E-state index contributed by atoms with van der Waals surface area (Å²) in [5.41, 5.74) is 3.76. The van der Waals surface area contributed by atoms with Gasteiger partial charge in [0, 0.05) is 25.9 Å². The van der Waals surface area contributed by atoms with Crippen LogP contribution in [0.5, 0.6) is 5.75 Å². The average Bonchev–Trinajstić information content (AvgIpc) is 3.07. The maximum Gasteiger partial charge on any atom is 0.303 e. The van der Waals surface area contributed by atoms with E-state index in [4.69, 9.17) is 9.84 Å². The summed E-state index contributed by atoms with van der Waals surface area (Å²) >= 11 is 0. The van der Waals surface area contributed by atoms with Crippen LogP contribution in [-0.4, -0.2) is 36.7 Å². The van der Waals surface area contributed by atoms with Crippen LogP contribution < -0.4 is 4.74 Å². The first-order valence-corrected chi connectivity index (χ1v) is 10.7. The molecule has 6 nitrogen and oxygen atoms in total. The smallest absolute Gasteiger partial charge is 0.303 e. The monoisotopic (exact) mass is 389 g/mol. The van der Waals surface area contributed by atoms with Crippen LogP contribution >= 0.6 is 0 Å². The standard InChI is InChI=1S/C20H23NO5S/c1-27(24,25)21(14-17-5-7-19-18(12-17)9-10-26-19)13-16-4-2-3-15(11-16)6-8-20(22)23/h2-5,7,11-12H,6,8-10,13-14H2,1H3,(H,22,23). The van der Waals surface area contributed by atoms with Gasteiger partial charge in [-0.3, -0.25) is 4.79 Å². The van der Waals surface area contributed by atoms with Crippen LogP contribution in [0.3, 0.4) is 0 Å². The second kappa shape index (κ2) is 8.10. The Kier molecular flexibility index (Phi) is 5.82. The van der Waals surface area contributed by atoms with Crippen LogP contribution in [0.2, 0.25) is 0 Å². The number of aliphatic carboxylic acids is 1. The van der Waals surface area contributed by atoms with Gasteiger partial charge < -0.3 is 9.84 Å². The zero-order chi connectivity index (χ0) is 19.4. The third-order valence-corrected chi connectivity index (χ3v) is 5.76. The SMILES string of the molecule is CS(=O)(=O)N(Cc1cccc(CCC(=O)O)c1)Cc1ccc2c(c1)CCO2. The average molecular weight is 389 g/mol. The number of benzene rings is 2. The lowest BCUT2D eigenvalue weighted by Crippen LogP contribution is -2.29. The molecule has 0 radical (unpaired) electrons. The van der Waals surface area contributed by atoms with Gasteiger partial charge in [-0.2, -0.15) is 4.31 Å². The lowest BCUT2D eigenvalue weighted by atomic mass is 10.1. The molecule has 0 atom stereocenters. The van der Waals surface area contributed by atoms with Crippen molar-refractivity contribution >= 4 is 16.0 Å². The van der Waals surface area contributed by atoms with E-state index in [0.29, 0.717) is 13.0 Å². The lowest BCUT2D eigenvalue weighted by molar-refractivity contribution is -0.136. The molecule has 144 valence electrons. The van der Waals surface area contributed by atoms with Crippen molar-refractivity contribution in [2.24, 2.45) is 0 Å². The number of carbonyl (C=O) groups is 1. The van der Waals surface area contributed by atoms with Crippen LogP contribution in [0, 0.1) is 0 Å². The van der Waals surface area contributed by atoms with Crippen molar-refractivity contribution in [1.82, 2.24) is 4.31 Å². The molecule has 0 saturated carbocycles. The molecule has 1 N–H and O–H groups in total. The predicted molar refractivity (Wildman–Crippen MR) is 102 cm³/mol. The van der Waals surface area contributed by atoms with Crippen molar-refractivity contribution in [2.75, 3.05) is 12.9 Å². The van der Waals surface area contributed by atoms with E-state index in [2.05, 4.69) is 0 Å². The minimum absolute atomic E-state index is 0.0520. The van der Waals surface area contributed by atoms with Crippen LogP contribution in [0.25, 0.3) is 0 Å². The number of nitrogens with zero attached hydrogens (tertiary/aromatic N) is 1. The quantitative estimate of drug-likeness (QED) is 0.750. The van der Waals surface area contributed by atoms with E-state index < -0.39 is 16.0 Å². The van der Waals surface area contributed by atoms with Gasteiger partial charge in [-0.1, -0.05) is 36.4 Å². The van der Waals surface area contributed by atoms with Gasteiger partial charge in [-0.05, 0) is 34.7 Å². The summed E-state index contributed by atoms with van der Waals surface area (Å²) in [5.74, 6) is 0.0227. The first-order chi connectivity index (χ1) is 12.8. The second-order valence-corrected chi connectivity index (χ2v) is 8.77. The van der Waals surface area contributed by atoms with E-state index in [1.807, 2.05) is 42.5 Å². The topological polar surface area (TPSA) is 83.9 Å². The molecular formula is C20H23NO5S. The van der Waals surface area contributed by atoms with Crippen molar-refractivity contribution in [3.8, 4) is 5.75 Å². The van der Waals surface area contributed by atoms with Crippen molar-refractivity contribution in [2.45, 2.75) is 32.4 Å². The Morgan fingerprint density at radius 3 is 2.52 bits per heavy atom. The normalized spacial score (nSPS) is 13.4. The molecule has 0 bridgehead atoms. The number of hydrogen-bond acceptors (Lipinski definition) is 4. The van der Waals surface area contributed by atoms with Crippen molar-refractivity contribution in [3.63, 3.8) is 0 Å². The largest absolute Gasteiger partial charge is 0.493 e. The second-order valence-electron chi connectivity index (χ2n) is 6.79. The third kappa shape index (κ3) is 5.30. The summed E-state index contributed by atoms with van der Waals surface area (Å²) in [5, 5.41) is 8.83. The number of hydrogen-bond donors (Lipinski definition) is 1. The summed E-state index contributed by atoms with van der Waals surface area (Å²) in [4.78, 5) is 10.8. The molecular weight excluding hydrogens is 366 g/mol. The highest BCUT2D eigenvalue weighted by Crippen LogP contribution is 2.27. The van der Waals surface area contributed by atoms with E-state index in [9.17, 15) is 13.2 Å². The summed E-state index contributed by atoms with van der Waals surface area (Å²) in [7, 11) is -3.41. The molecule has 1 aliphatic heterocycles. The summed E-state index contributed by atoms with van der Waals surface area (Å²) in [6.07, 6.45) is 2.52. The van der Waals surface area contributed by atoms with E-state index in [0.717, 1.165) is 34.4 Å². The molecule has 0 amide bonds.